The summed E-state index contributed by atoms with van der Waals surface area (Å²) in [6.45, 7) is 12.2. The lowest BCUT2D eigenvalue weighted by atomic mass is 9.51. The minimum absolute atomic E-state index is 0.233. The topological polar surface area (TPSA) is 34.1 Å². The summed E-state index contributed by atoms with van der Waals surface area (Å²) in [6, 6.07) is 0. The molecule has 0 amide bonds. The van der Waals surface area contributed by atoms with Crippen LogP contribution in [0.1, 0.15) is 98.8 Å². The first-order valence-corrected chi connectivity index (χ1v) is 15.2. The second-order valence-electron chi connectivity index (χ2n) is 12.6. The molecule has 8 atom stereocenters. The highest BCUT2D eigenvalue weighted by Crippen LogP contribution is 2.65. The zero-order chi connectivity index (χ0) is 22.6. The summed E-state index contributed by atoms with van der Waals surface area (Å²) >= 11 is 0. The van der Waals surface area contributed by atoms with Crippen molar-refractivity contribution in [1.82, 2.24) is 0 Å². The Balaban J connectivity index is 1.57. The quantitative estimate of drug-likeness (QED) is 0.402. The predicted molar refractivity (Wildman–Crippen MR) is 131 cm³/mol. The molecule has 0 bridgehead atoms. The maximum absolute atomic E-state index is 12.7. The fraction of sp³-hybridized carbons (Fsp3) is 0.893. The molecular weight excluding hydrogens is 400 g/mol. The molecule has 0 aromatic heterocycles. The van der Waals surface area contributed by atoms with Crippen LogP contribution in [0, 0.1) is 53.3 Å². The first-order valence-electron chi connectivity index (χ1n) is 13.3. The zero-order valence-electron chi connectivity index (χ0n) is 21.0. The van der Waals surface area contributed by atoms with E-state index in [4.69, 9.17) is 0 Å². The van der Waals surface area contributed by atoms with Crippen LogP contribution >= 0.6 is 0 Å². The molecule has 0 aromatic rings. The Morgan fingerprint density at radius 3 is 2.55 bits per heavy atom. The molecule has 0 spiro atoms. The molecule has 0 N–H and O–H groups in total. The highest BCUT2D eigenvalue weighted by Gasteiger charge is 2.57. The van der Waals surface area contributed by atoms with Gasteiger partial charge in [-0.15, -0.1) is 0 Å². The predicted octanol–water partition coefficient (Wildman–Crippen LogP) is 7.26. The Morgan fingerprint density at radius 2 is 1.87 bits per heavy atom. The summed E-state index contributed by atoms with van der Waals surface area (Å²) in [5.74, 6) is 5.11. The largest absolute Gasteiger partial charge is 0.229 e. The van der Waals surface area contributed by atoms with Crippen molar-refractivity contribution in [2.75, 3.05) is 6.26 Å². The molecule has 2 unspecified atom stereocenters. The van der Waals surface area contributed by atoms with Crippen LogP contribution < -0.4 is 0 Å². The van der Waals surface area contributed by atoms with E-state index < -0.39 is 9.84 Å². The summed E-state index contributed by atoms with van der Waals surface area (Å²) in [6.07, 6.45) is 16.2. The van der Waals surface area contributed by atoms with Crippen molar-refractivity contribution in [3.63, 3.8) is 0 Å². The van der Waals surface area contributed by atoms with Gasteiger partial charge in [-0.25, -0.2) is 8.42 Å². The van der Waals surface area contributed by atoms with Crippen molar-refractivity contribution in [1.29, 1.82) is 0 Å². The van der Waals surface area contributed by atoms with Crippen molar-refractivity contribution < 1.29 is 8.42 Å². The second kappa shape index (κ2) is 8.80. The third-order valence-electron chi connectivity index (χ3n) is 10.2. The number of hydrogen-bond donors (Lipinski definition) is 0. The van der Waals surface area contributed by atoms with Crippen molar-refractivity contribution in [3.8, 4) is 0 Å². The Labute approximate surface area is 193 Å². The van der Waals surface area contributed by atoms with Gasteiger partial charge >= 0.3 is 0 Å². The highest BCUT2D eigenvalue weighted by atomic mass is 32.2. The average molecular weight is 448 g/mol. The number of hydrogen-bond acceptors (Lipinski definition) is 2. The van der Waals surface area contributed by atoms with E-state index in [0.717, 1.165) is 36.5 Å². The molecule has 0 saturated heterocycles. The zero-order valence-corrected chi connectivity index (χ0v) is 21.8. The van der Waals surface area contributed by atoms with E-state index in [0.29, 0.717) is 23.2 Å². The smallest absolute Gasteiger partial charge is 0.154 e. The monoisotopic (exact) mass is 447 g/mol. The molecule has 1 radical (unpaired) electrons. The summed E-state index contributed by atoms with van der Waals surface area (Å²) in [4.78, 5) is 0. The molecule has 4 rings (SSSR count). The lowest BCUT2D eigenvalue weighted by Crippen LogP contribution is -2.48. The van der Waals surface area contributed by atoms with Gasteiger partial charge in [0.05, 0.1) is 5.25 Å². The molecule has 4 aliphatic carbocycles. The molecule has 2 nitrogen and oxygen atoms in total. The van der Waals surface area contributed by atoms with Gasteiger partial charge in [-0.1, -0.05) is 59.5 Å². The Kier molecular flexibility index (Phi) is 6.77. The van der Waals surface area contributed by atoms with Crippen LogP contribution in [0.25, 0.3) is 0 Å². The summed E-state index contributed by atoms with van der Waals surface area (Å²) in [7, 11) is -3.04. The fourth-order valence-electron chi connectivity index (χ4n) is 8.79. The molecule has 0 aliphatic heterocycles. The van der Waals surface area contributed by atoms with Crippen LogP contribution in [0.4, 0.5) is 0 Å². The maximum Gasteiger partial charge on any atom is 0.154 e. The summed E-state index contributed by atoms with van der Waals surface area (Å²) < 4.78 is 25.5. The van der Waals surface area contributed by atoms with Crippen LogP contribution in [0.2, 0.25) is 0 Å². The van der Waals surface area contributed by atoms with Crippen molar-refractivity contribution >= 4 is 9.84 Å². The molecule has 31 heavy (non-hydrogen) atoms. The number of allylic oxidation sites excluding steroid dienone is 1. The minimum Gasteiger partial charge on any atom is -0.229 e. The molecule has 0 aromatic carbocycles. The molecule has 4 aliphatic rings. The van der Waals surface area contributed by atoms with Crippen LogP contribution in [0.3, 0.4) is 0 Å². The third-order valence-corrected chi connectivity index (χ3v) is 11.7. The van der Waals surface area contributed by atoms with E-state index in [1.807, 2.05) is 0 Å². The Hall–Kier alpha value is -0.310. The second-order valence-corrected chi connectivity index (χ2v) is 14.8. The van der Waals surface area contributed by atoms with Gasteiger partial charge in [0.1, 0.15) is 0 Å². The Morgan fingerprint density at radius 1 is 1.13 bits per heavy atom. The van der Waals surface area contributed by atoms with Crippen LogP contribution in [-0.4, -0.2) is 19.9 Å². The van der Waals surface area contributed by atoms with E-state index in [2.05, 4.69) is 41.0 Å². The van der Waals surface area contributed by atoms with Crippen molar-refractivity contribution in [3.05, 3.63) is 17.6 Å². The van der Waals surface area contributed by atoms with E-state index in [9.17, 15) is 8.42 Å². The maximum atomic E-state index is 12.7. The number of sulfone groups is 1. The standard InChI is InChI=1S/C28H47O2S/c1-18(2)9-7-10-19(3)24-13-14-25-23-17-20(4)21-11-8-12-26(31(6,29)30)27(21)22(23)15-16-28(24,25)5/h8,18-20,22-26H,7,9-17H2,1-6H3/t19-,20?,22+,23-,24-,25+,26?,28-/m1/s1. The van der Waals surface area contributed by atoms with Gasteiger partial charge in [0.15, 0.2) is 9.84 Å². The molecule has 177 valence electrons. The average Bonchev–Trinajstić information content (AvgIpc) is 3.04. The summed E-state index contributed by atoms with van der Waals surface area (Å²) in [5, 5.41) is -0.233. The molecule has 0 heterocycles. The first-order chi connectivity index (χ1) is 14.5. The van der Waals surface area contributed by atoms with Crippen LogP contribution in [0.5, 0.6) is 0 Å². The first kappa shape index (κ1) is 23.8. The van der Waals surface area contributed by atoms with Gasteiger partial charge in [0.2, 0.25) is 0 Å². The van der Waals surface area contributed by atoms with Gasteiger partial charge in [-0.3, -0.25) is 0 Å². The molecule has 2 fully saturated rings. The third kappa shape index (κ3) is 4.31. The van der Waals surface area contributed by atoms with Crippen molar-refractivity contribution in [2.45, 2.75) is 104 Å². The fourth-order valence-corrected chi connectivity index (χ4v) is 10.1. The molecule has 2 saturated carbocycles. The number of rotatable bonds is 6. The summed E-state index contributed by atoms with van der Waals surface area (Å²) in [5.41, 5.74) is 3.37. The molecular formula is C28H47O2S. The van der Waals surface area contributed by atoms with Gasteiger partial charge in [-0.05, 0) is 104 Å². The van der Waals surface area contributed by atoms with Gasteiger partial charge in [-0.2, -0.15) is 0 Å². The number of fused-ring (bicyclic) bond motifs is 4. The van der Waals surface area contributed by atoms with Gasteiger partial charge in [0.25, 0.3) is 0 Å². The van der Waals surface area contributed by atoms with E-state index in [1.54, 1.807) is 0 Å². The minimum atomic E-state index is -3.04. The van der Waals surface area contributed by atoms with Crippen LogP contribution in [-0.2, 0) is 9.84 Å². The lowest BCUT2D eigenvalue weighted by molar-refractivity contribution is -0.00815. The van der Waals surface area contributed by atoms with Crippen molar-refractivity contribution in [2.24, 2.45) is 46.8 Å². The Bertz CT molecular complexity index is 794. The molecule has 3 heteroatoms. The normalized spacial score (nSPS) is 41.6. The van der Waals surface area contributed by atoms with E-state index in [-0.39, 0.29) is 5.25 Å². The van der Waals surface area contributed by atoms with Crippen LogP contribution in [0.15, 0.2) is 11.1 Å². The van der Waals surface area contributed by atoms with Gasteiger partial charge < -0.3 is 0 Å². The lowest BCUT2D eigenvalue weighted by Gasteiger charge is -2.55. The van der Waals surface area contributed by atoms with E-state index in [1.165, 1.54) is 68.8 Å². The van der Waals surface area contributed by atoms with E-state index >= 15 is 0 Å². The highest BCUT2D eigenvalue weighted by molar-refractivity contribution is 7.91. The SMILES string of the molecule is CC(C)CCC[C@@H](C)[C@H]1CC[C@H]2[C@@H]3CC(C)C4=C(C(S(C)(=O)=O)C[CH]C4)[C@H]3CC[C@]12C. The van der Waals surface area contributed by atoms with Gasteiger partial charge in [0, 0.05) is 6.26 Å².